The summed E-state index contributed by atoms with van der Waals surface area (Å²) in [5, 5.41) is 2.82. The van der Waals surface area contributed by atoms with E-state index in [9.17, 15) is 9.59 Å². The van der Waals surface area contributed by atoms with E-state index in [0.717, 1.165) is 22.0 Å². The minimum atomic E-state index is 0.0346. The van der Waals surface area contributed by atoms with E-state index in [2.05, 4.69) is 21.2 Å². The first-order valence-corrected chi connectivity index (χ1v) is 7.30. The molecule has 0 radical (unpaired) electrons. The number of benzene rings is 2. The van der Waals surface area contributed by atoms with Crippen LogP contribution in [0.25, 0.3) is 0 Å². The summed E-state index contributed by atoms with van der Waals surface area (Å²) >= 11 is 3.32. The molecular weight excluding hydrogens is 334 g/mol. The van der Waals surface area contributed by atoms with E-state index in [4.69, 9.17) is 4.74 Å². The van der Waals surface area contributed by atoms with Gasteiger partial charge in [-0.25, -0.2) is 0 Å². The van der Waals surface area contributed by atoms with Crippen LogP contribution in [0.2, 0.25) is 0 Å². The monoisotopic (exact) mass is 345 g/mol. The van der Waals surface area contributed by atoms with Crippen molar-refractivity contribution in [2.75, 3.05) is 5.32 Å². The molecule has 0 saturated heterocycles. The van der Waals surface area contributed by atoms with Gasteiger partial charge in [-0.2, -0.15) is 0 Å². The molecule has 1 aliphatic heterocycles. The maximum Gasteiger partial charge on any atom is 0.224 e. The lowest BCUT2D eigenvalue weighted by molar-refractivity contribution is -0.116. The minimum absolute atomic E-state index is 0.0346. The van der Waals surface area contributed by atoms with Crippen LogP contribution in [0.1, 0.15) is 22.3 Å². The Kier molecular flexibility index (Phi) is 3.75. The molecule has 0 fully saturated rings. The number of aryl methyl sites for hydroxylation is 1. The SMILES string of the molecule is O=Cc1cc(Br)ccc1Oc1ccc2c(c1)CCC(=O)N2. The number of carbonyl (C=O) groups is 2. The van der Waals surface area contributed by atoms with Crippen LogP contribution in [-0.2, 0) is 11.2 Å². The average molecular weight is 346 g/mol. The second-order valence-corrected chi connectivity index (χ2v) is 5.68. The zero-order chi connectivity index (χ0) is 14.8. The van der Waals surface area contributed by atoms with Crippen molar-refractivity contribution in [2.45, 2.75) is 12.8 Å². The van der Waals surface area contributed by atoms with E-state index in [-0.39, 0.29) is 5.91 Å². The quantitative estimate of drug-likeness (QED) is 0.857. The number of hydrogen-bond acceptors (Lipinski definition) is 3. The summed E-state index contributed by atoms with van der Waals surface area (Å²) in [6.07, 6.45) is 1.94. The highest BCUT2D eigenvalue weighted by Gasteiger charge is 2.15. The maximum atomic E-state index is 11.3. The standard InChI is InChI=1S/C16H12BrNO3/c17-12-2-5-15(11(7-12)9-19)21-13-3-4-14-10(8-13)1-6-16(20)18-14/h2-5,7-9H,1,6H2,(H,18,20). The van der Waals surface area contributed by atoms with Gasteiger partial charge in [-0.15, -0.1) is 0 Å². The number of halogens is 1. The molecule has 0 aromatic heterocycles. The topological polar surface area (TPSA) is 55.4 Å². The largest absolute Gasteiger partial charge is 0.457 e. The van der Waals surface area contributed by atoms with Gasteiger partial charge in [0, 0.05) is 16.6 Å². The van der Waals surface area contributed by atoms with Crippen LogP contribution in [0.3, 0.4) is 0 Å². The van der Waals surface area contributed by atoms with Gasteiger partial charge in [-0.1, -0.05) is 15.9 Å². The van der Waals surface area contributed by atoms with Crippen molar-refractivity contribution < 1.29 is 14.3 Å². The summed E-state index contributed by atoms with van der Waals surface area (Å²) in [6.45, 7) is 0. The lowest BCUT2D eigenvalue weighted by atomic mass is 10.0. The Bertz CT molecular complexity index is 727. The molecule has 4 nitrogen and oxygen atoms in total. The van der Waals surface area contributed by atoms with Gasteiger partial charge in [-0.05, 0) is 48.4 Å². The van der Waals surface area contributed by atoms with Gasteiger partial charge in [0.15, 0.2) is 6.29 Å². The third-order valence-electron chi connectivity index (χ3n) is 3.30. The Balaban J connectivity index is 1.89. The van der Waals surface area contributed by atoms with Gasteiger partial charge >= 0.3 is 0 Å². The second-order valence-electron chi connectivity index (χ2n) is 4.77. The van der Waals surface area contributed by atoms with Crippen molar-refractivity contribution in [3.8, 4) is 11.5 Å². The van der Waals surface area contributed by atoms with E-state index < -0.39 is 0 Å². The molecule has 1 N–H and O–H groups in total. The molecule has 1 amide bonds. The number of ether oxygens (including phenoxy) is 1. The Labute approximate surface area is 130 Å². The summed E-state index contributed by atoms with van der Waals surface area (Å²) in [5.74, 6) is 1.19. The van der Waals surface area contributed by atoms with Crippen molar-refractivity contribution in [1.29, 1.82) is 0 Å². The fourth-order valence-corrected chi connectivity index (χ4v) is 2.63. The molecule has 0 atom stereocenters. The van der Waals surface area contributed by atoms with Crippen LogP contribution in [0.5, 0.6) is 11.5 Å². The average Bonchev–Trinajstić information content (AvgIpc) is 2.49. The van der Waals surface area contributed by atoms with Gasteiger partial charge in [0.2, 0.25) is 5.91 Å². The number of hydrogen-bond donors (Lipinski definition) is 1. The molecular formula is C16H12BrNO3. The third kappa shape index (κ3) is 2.97. The van der Waals surface area contributed by atoms with Gasteiger partial charge in [0.25, 0.3) is 0 Å². The highest BCUT2D eigenvalue weighted by atomic mass is 79.9. The second kappa shape index (κ2) is 5.69. The highest BCUT2D eigenvalue weighted by Crippen LogP contribution is 2.31. The molecule has 2 aromatic carbocycles. The molecule has 1 heterocycles. The lowest BCUT2D eigenvalue weighted by Crippen LogP contribution is -2.18. The van der Waals surface area contributed by atoms with E-state index >= 15 is 0 Å². The van der Waals surface area contributed by atoms with Crippen molar-refractivity contribution >= 4 is 33.8 Å². The first kappa shape index (κ1) is 13.8. The third-order valence-corrected chi connectivity index (χ3v) is 3.79. The van der Waals surface area contributed by atoms with Crippen LogP contribution in [0, 0.1) is 0 Å². The lowest BCUT2D eigenvalue weighted by Gasteiger charge is -2.18. The Hall–Kier alpha value is -2.14. The van der Waals surface area contributed by atoms with Gasteiger partial charge in [0.1, 0.15) is 11.5 Å². The predicted octanol–water partition coefficient (Wildman–Crippen LogP) is 3.94. The van der Waals surface area contributed by atoms with E-state index in [1.807, 2.05) is 18.2 Å². The molecule has 21 heavy (non-hydrogen) atoms. The zero-order valence-electron chi connectivity index (χ0n) is 11.1. The van der Waals surface area contributed by atoms with Crippen LogP contribution >= 0.6 is 15.9 Å². The molecule has 106 valence electrons. The normalized spacial score (nSPS) is 13.3. The summed E-state index contributed by atoms with van der Waals surface area (Å²) in [6, 6.07) is 10.8. The fourth-order valence-electron chi connectivity index (χ4n) is 2.25. The molecule has 0 saturated carbocycles. The van der Waals surface area contributed by atoms with E-state index in [0.29, 0.717) is 29.9 Å². The smallest absolute Gasteiger partial charge is 0.224 e. The summed E-state index contributed by atoms with van der Waals surface area (Å²) in [5.41, 5.74) is 2.34. The maximum absolute atomic E-state index is 11.3. The number of carbonyl (C=O) groups excluding carboxylic acids is 2. The zero-order valence-corrected chi connectivity index (χ0v) is 12.6. The summed E-state index contributed by atoms with van der Waals surface area (Å²) in [4.78, 5) is 22.4. The number of amides is 1. The molecule has 0 aliphatic carbocycles. The molecule has 0 bridgehead atoms. The molecule has 1 aliphatic rings. The van der Waals surface area contributed by atoms with Crippen LogP contribution in [-0.4, -0.2) is 12.2 Å². The minimum Gasteiger partial charge on any atom is -0.457 e. The van der Waals surface area contributed by atoms with E-state index in [1.54, 1.807) is 18.2 Å². The Morgan fingerprint density at radius 1 is 1.14 bits per heavy atom. The van der Waals surface area contributed by atoms with Gasteiger partial charge in [-0.3, -0.25) is 9.59 Å². The van der Waals surface area contributed by atoms with Gasteiger partial charge < -0.3 is 10.1 Å². The Morgan fingerprint density at radius 2 is 2.00 bits per heavy atom. The molecule has 5 heteroatoms. The molecule has 0 spiro atoms. The van der Waals surface area contributed by atoms with Gasteiger partial charge in [0.05, 0.1) is 5.56 Å². The first-order valence-electron chi connectivity index (χ1n) is 6.51. The molecule has 0 unspecified atom stereocenters. The number of nitrogens with one attached hydrogen (secondary N) is 1. The first-order chi connectivity index (χ1) is 10.2. The number of anilines is 1. The number of aldehydes is 1. The van der Waals surface area contributed by atoms with Crippen LogP contribution < -0.4 is 10.1 Å². The highest BCUT2D eigenvalue weighted by molar-refractivity contribution is 9.10. The van der Waals surface area contributed by atoms with E-state index in [1.165, 1.54) is 0 Å². The van der Waals surface area contributed by atoms with Crippen LogP contribution in [0.15, 0.2) is 40.9 Å². The molecule has 2 aromatic rings. The molecule has 3 rings (SSSR count). The predicted molar refractivity (Wildman–Crippen MR) is 83.0 cm³/mol. The van der Waals surface area contributed by atoms with Crippen LogP contribution in [0.4, 0.5) is 5.69 Å². The van der Waals surface area contributed by atoms with Crippen molar-refractivity contribution in [3.63, 3.8) is 0 Å². The van der Waals surface area contributed by atoms with Crippen molar-refractivity contribution in [3.05, 3.63) is 52.0 Å². The summed E-state index contributed by atoms with van der Waals surface area (Å²) < 4.78 is 6.61. The van der Waals surface area contributed by atoms with Crippen molar-refractivity contribution in [2.24, 2.45) is 0 Å². The fraction of sp³-hybridized carbons (Fsp3) is 0.125. The van der Waals surface area contributed by atoms with Crippen molar-refractivity contribution in [1.82, 2.24) is 0 Å². The number of rotatable bonds is 3. The Morgan fingerprint density at radius 3 is 2.81 bits per heavy atom. The summed E-state index contributed by atoms with van der Waals surface area (Å²) in [7, 11) is 0. The number of fused-ring (bicyclic) bond motifs is 1.